The van der Waals surface area contributed by atoms with Crippen molar-refractivity contribution in [1.29, 1.82) is 0 Å². The van der Waals surface area contributed by atoms with Crippen LogP contribution in [0.3, 0.4) is 0 Å². The minimum Gasteiger partial charge on any atom is -0.478 e. The second kappa shape index (κ2) is 7.87. The molecule has 0 rings (SSSR count). The zero-order valence-corrected chi connectivity index (χ0v) is 11.9. The van der Waals surface area contributed by atoms with Gasteiger partial charge in [0, 0.05) is 6.42 Å². The summed E-state index contributed by atoms with van der Waals surface area (Å²) in [7, 11) is 0. The number of carboxylic acid groups (broad SMARTS) is 1. The summed E-state index contributed by atoms with van der Waals surface area (Å²) in [5, 5.41) is 9.31. The van der Waals surface area contributed by atoms with Crippen LogP contribution in [-0.4, -0.2) is 28.5 Å². The fraction of sp³-hybridized carbons (Fsp3) is 0.714. The van der Waals surface area contributed by atoms with Gasteiger partial charge >= 0.3 is 5.97 Å². The van der Waals surface area contributed by atoms with E-state index >= 15 is 0 Å². The molecule has 19 heavy (non-hydrogen) atoms. The fourth-order valence-corrected chi connectivity index (χ4v) is 1.74. The normalized spacial score (nSPS) is 14.3. The number of hydrogen-bond donors (Lipinski definition) is 1. The fourth-order valence-electron chi connectivity index (χ4n) is 1.74. The van der Waals surface area contributed by atoms with E-state index in [1.54, 1.807) is 20.8 Å². The van der Waals surface area contributed by atoms with Crippen molar-refractivity contribution in [2.45, 2.75) is 64.2 Å². The third-order valence-corrected chi connectivity index (χ3v) is 2.46. The summed E-state index contributed by atoms with van der Waals surface area (Å²) >= 11 is 0. The molecule has 0 aliphatic rings. The molecule has 0 saturated heterocycles. The van der Waals surface area contributed by atoms with Gasteiger partial charge in [0.1, 0.15) is 0 Å². The van der Waals surface area contributed by atoms with E-state index in [0.717, 1.165) is 19.3 Å². The molecule has 0 spiro atoms. The van der Waals surface area contributed by atoms with Gasteiger partial charge in [-0.3, -0.25) is 0 Å². The molecule has 108 valence electrons. The van der Waals surface area contributed by atoms with Crippen LogP contribution in [-0.2, 0) is 14.3 Å². The number of carbonyl (C=O) groups excluding carboxylic acids is 1. The molecule has 1 N–H and O–H groups in total. The van der Waals surface area contributed by atoms with Crippen LogP contribution >= 0.6 is 0 Å². The molecule has 1 atom stereocenters. The van der Waals surface area contributed by atoms with Crippen molar-refractivity contribution >= 4 is 12.0 Å². The highest BCUT2D eigenvalue weighted by atomic mass is 16.6. The van der Waals surface area contributed by atoms with Crippen LogP contribution in [0.15, 0.2) is 17.6 Å². The molecule has 0 saturated carbocycles. The first-order valence-electron chi connectivity index (χ1n) is 6.41. The molecule has 0 aliphatic carbocycles. The number of ether oxygens (including phenoxy) is 1. The summed E-state index contributed by atoms with van der Waals surface area (Å²) in [5.74, 6) is -1.26. The van der Waals surface area contributed by atoms with Crippen molar-refractivity contribution in [2.24, 2.45) is 4.99 Å². The lowest BCUT2D eigenvalue weighted by Crippen LogP contribution is -2.45. The number of rotatable bonds is 9. The topological polar surface area (TPSA) is 76.0 Å². The van der Waals surface area contributed by atoms with Crippen LogP contribution in [0.4, 0.5) is 0 Å². The molecule has 0 aromatic rings. The van der Waals surface area contributed by atoms with E-state index in [0.29, 0.717) is 6.42 Å². The van der Waals surface area contributed by atoms with E-state index in [-0.39, 0.29) is 6.42 Å². The van der Waals surface area contributed by atoms with Crippen molar-refractivity contribution in [1.82, 2.24) is 0 Å². The number of isocyanates is 1. The smallest absolute Gasteiger partial charge is 0.360 e. The second-order valence-electron chi connectivity index (χ2n) is 5.40. The third-order valence-electron chi connectivity index (χ3n) is 2.46. The number of carboxylic acids is 1. The molecule has 5 nitrogen and oxygen atoms in total. The van der Waals surface area contributed by atoms with Crippen LogP contribution in [0.5, 0.6) is 0 Å². The Morgan fingerprint density at radius 3 is 2.42 bits per heavy atom. The minimum absolute atomic E-state index is 0.159. The molecule has 0 aliphatic heterocycles. The minimum atomic E-state index is -1.83. The number of carbonyl (C=O) groups is 1. The summed E-state index contributed by atoms with van der Waals surface area (Å²) in [6, 6.07) is 0. The Balaban J connectivity index is 4.78. The number of nitrogens with zero attached hydrogens (tertiary/aromatic N) is 1. The molecule has 5 heteroatoms. The van der Waals surface area contributed by atoms with Crippen molar-refractivity contribution < 1.29 is 19.4 Å². The van der Waals surface area contributed by atoms with Crippen LogP contribution in [0, 0.1) is 0 Å². The quantitative estimate of drug-likeness (QED) is 0.302. The average molecular weight is 269 g/mol. The molecule has 0 aromatic carbocycles. The Morgan fingerprint density at radius 2 is 2.00 bits per heavy atom. The lowest BCUT2D eigenvalue weighted by atomic mass is 10.0. The van der Waals surface area contributed by atoms with Gasteiger partial charge in [-0.1, -0.05) is 12.5 Å². The molecule has 0 amide bonds. The van der Waals surface area contributed by atoms with E-state index in [4.69, 9.17) is 4.74 Å². The first-order chi connectivity index (χ1) is 8.77. The van der Waals surface area contributed by atoms with Crippen molar-refractivity contribution in [3.8, 4) is 0 Å². The van der Waals surface area contributed by atoms with Gasteiger partial charge in [0.05, 0.1) is 5.60 Å². The Morgan fingerprint density at radius 1 is 1.37 bits per heavy atom. The highest BCUT2D eigenvalue weighted by Crippen LogP contribution is 2.28. The van der Waals surface area contributed by atoms with Crippen LogP contribution in [0.2, 0.25) is 0 Å². The van der Waals surface area contributed by atoms with Crippen LogP contribution in [0.1, 0.15) is 52.9 Å². The van der Waals surface area contributed by atoms with Gasteiger partial charge in [0.15, 0.2) is 0 Å². The summed E-state index contributed by atoms with van der Waals surface area (Å²) < 4.78 is 5.48. The van der Waals surface area contributed by atoms with E-state index in [9.17, 15) is 14.7 Å². The molecule has 0 fully saturated rings. The van der Waals surface area contributed by atoms with Gasteiger partial charge in [-0.15, -0.1) is 6.58 Å². The number of unbranched alkanes of at least 4 members (excludes halogenated alkanes) is 3. The molecule has 0 radical (unpaired) electrons. The van der Waals surface area contributed by atoms with Crippen LogP contribution < -0.4 is 0 Å². The number of hydrogen-bond acceptors (Lipinski definition) is 4. The highest BCUT2D eigenvalue weighted by Gasteiger charge is 2.42. The molecule has 0 heterocycles. The standard InChI is InChI=1S/C14H23NO4/c1-5-6-7-8-9-10-14(12(17)18,15-11-16)19-13(2,3)4/h5H,1,6-10H2,2-4H3,(H,17,18)/t14-/m0/s1. The second-order valence-corrected chi connectivity index (χ2v) is 5.40. The van der Waals surface area contributed by atoms with Gasteiger partial charge in [-0.05, 0) is 40.0 Å². The van der Waals surface area contributed by atoms with Gasteiger partial charge < -0.3 is 9.84 Å². The first-order valence-corrected chi connectivity index (χ1v) is 6.41. The predicted molar refractivity (Wildman–Crippen MR) is 72.6 cm³/mol. The molecular weight excluding hydrogens is 246 g/mol. The Kier molecular flexibility index (Phi) is 7.27. The van der Waals surface area contributed by atoms with Gasteiger partial charge in [-0.25, -0.2) is 9.59 Å². The Hall–Kier alpha value is -1.45. The average Bonchev–Trinajstić information content (AvgIpc) is 2.26. The maximum atomic E-state index is 11.4. The lowest BCUT2D eigenvalue weighted by Gasteiger charge is -2.31. The summed E-state index contributed by atoms with van der Waals surface area (Å²) in [4.78, 5) is 25.3. The lowest BCUT2D eigenvalue weighted by molar-refractivity contribution is -0.184. The molecule has 0 unspecified atom stereocenters. The van der Waals surface area contributed by atoms with Crippen molar-refractivity contribution in [3.05, 3.63) is 12.7 Å². The highest BCUT2D eigenvalue weighted by molar-refractivity contribution is 5.78. The van der Waals surface area contributed by atoms with Gasteiger partial charge in [0.25, 0.3) is 5.72 Å². The zero-order valence-electron chi connectivity index (χ0n) is 11.9. The maximum absolute atomic E-state index is 11.4. The maximum Gasteiger partial charge on any atom is 0.360 e. The number of allylic oxidation sites excluding steroid dienone is 1. The van der Waals surface area contributed by atoms with E-state index in [2.05, 4.69) is 11.6 Å². The zero-order chi connectivity index (χ0) is 14.9. The molecule has 0 aromatic heterocycles. The predicted octanol–water partition coefficient (Wildman–Crippen LogP) is 3.05. The third kappa shape index (κ3) is 6.89. The van der Waals surface area contributed by atoms with E-state index < -0.39 is 17.3 Å². The SMILES string of the molecule is C=CCCCCC[C@](N=C=O)(OC(C)(C)C)C(=O)O. The van der Waals surface area contributed by atoms with Crippen molar-refractivity contribution in [3.63, 3.8) is 0 Å². The molecular formula is C14H23NO4. The van der Waals surface area contributed by atoms with Gasteiger partial charge in [0.2, 0.25) is 6.08 Å². The van der Waals surface area contributed by atoms with Crippen LogP contribution in [0.25, 0.3) is 0 Å². The number of aliphatic carboxylic acids is 1. The van der Waals surface area contributed by atoms with E-state index in [1.807, 2.05) is 6.08 Å². The number of aliphatic imine (C=N–C) groups is 1. The Labute approximate surface area is 114 Å². The monoisotopic (exact) mass is 269 g/mol. The van der Waals surface area contributed by atoms with E-state index in [1.165, 1.54) is 6.08 Å². The largest absolute Gasteiger partial charge is 0.478 e. The summed E-state index contributed by atoms with van der Waals surface area (Å²) in [6.45, 7) is 8.80. The summed E-state index contributed by atoms with van der Waals surface area (Å²) in [6.07, 6.45) is 6.56. The Bertz CT molecular complexity index is 349. The summed E-state index contributed by atoms with van der Waals surface area (Å²) in [5.41, 5.74) is -2.53. The van der Waals surface area contributed by atoms with Crippen molar-refractivity contribution in [2.75, 3.05) is 0 Å². The van der Waals surface area contributed by atoms with Gasteiger partial charge in [-0.2, -0.15) is 4.99 Å². The molecule has 0 bridgehead atoms. The first kappa shape index (κ1) is 17.6.